The first-order valence-electron chi connectivity index (χ1n) is 5.68. The van der Waals surface area contributed by atoms with E-state index in [2.05, 4.69) is 46.4 Å². The maximum atomic E-state index is 12.0. The predicted octanol–water partition coefficient (Wildman–Crippen LogP) is 1.73. The molecule has 0 bridgehead atoms. The third-order valence-electron chi connectivity index (χ3n) is 2.98. The van der Waals surface area contributed by atoms with E-state index in [9.17, 15) is 4.79 Å². The van der Waals surface area contributed by atoms with Crippen LogP contribution < -0.4 is 0 Å². The highest BCUT2D eigenvalue weighted by molar-refractivity contribution is 5.79. The number of carbonyl (C=O) groups excluding carboxylic acids is 1. The van der Waals surface area contributed by atoms with Gasteiger partial charge in [0, 0.05) is 24.2 Å². The fraction of sp³-hybridized carbons (Fsp3) is 0.917. The van der Waals surface area contributed by atoms with E-state index in [4.69, 9.17) is 0 Å². The van der Waals surface area contributed by atoms with Crippen molar-refractivity contribution < 1.29 is 4.79 Å². The molecule has 0 atom stereocenters. The molecule has 1 saturated heterocycles. The minimum absolute atomic E-state index is 0.0406. The second kappa shape index (κ2) is 3.78. The zero-order valence-corrected chi connectivity index (χ0v) is 10.9. The number of hydrogen-bond donors (Lipinski definition) is 0. The Kier molecular flexibility index (Phi) is 3.15. The van der Waals surface area contributed by atoms with Crippen LogP contribution in [0.1, 0.15) is 41.5 Å². The lowest BCUT2D eigenvalue weighted by molar-refractivity contribution is -0.143. The molecule has 0 spiro atoms. The molecule has 3 nitrogen and oxygen atoms in total. The summed E-state index contributed by atoms with van der Waals surface area (Å²) < 4.78 is 0. The molecule has 1 aliphatic heterocycles. The first kappa shape index (κ1) is 12.5. The van der Waals surface area contributed by atoms with Gasteiger partial charge in [-0.2, -0.15) is 0 Å². The van der Waals surface area contributed by atoms with Crippen LogP contribution in [0, 0.1) is 0 Å². The highest BCUT2D eigenvalue weighted by Crippen LogP contribution is 2.21. The number of rotatable bonds is 0. The van der Waals surface area contributed by atoms with Crippen LogP contribution in [0.25, 0.3) is 0 Å². The van der Waals surface area contributed by atoms with Crippen LogP contribution in [0.2, 0.25) is 0 Å². The lowest BCUT2D eigenvalue weighted by Crippen LogP contribution is -2.60. The number of amides is 1. The molecule has 1 fully saturated rings. The Hall–Kier alpha value is -0.570. The monoisotopic (exact) mass is 212 g/mol. The Labute approximate surface area is 93.4 Å². The highest BCUT2D eigenvalue weighted by Gasteiger charge is 2.35. The summed E-state index contributed by atoms with van der Waals surface area (Å²) in [5, 5.41) is 0. The van der Waals surface area contributed by atoms with Crippen molar-refractivity contribution in [2.45, 2.75) is 52.6 Å². The van der Waals surface area contributed by atoms with Crippen molar-refractivity contribution in [3.05, 3.63) is 0 Å². The summed E-state index contributed by atoms with van der Waals surface area (Å²) in [5.74, 6) is 0.253. The van der Waals surface area contributed by atoms with Crippen LogP contribution in [0.15, 0.2) is 0 Å². The number of hydrogen-bond acceptors (Lipinski definition) is 2. The molecular formula is C12H24N2O. The van der Waals surface area contributed by atoms with E-state index in [1.165, 1.54) is 0 Å². The van der Waals surface area contributed by atoms with Crippen molar-refractivity contribution in [1.82, 2.24) is 9.80 Å². The largest absolute Gasteiger partial charge is 0.335 e. The third-order valence-corrected chi connectivity index (χ3v) is 2.98. The van der Waals surface area contributed by atoms with E-state index >= 15 is 0 Å². The van der Waals surface area contributed by atoms with Gasteiger partial charge in [0.2, 0.25) is 5.91 Å². The van der Waals surface area contributed by atoms with Crippen molar-refractivity contribution in [1.29, 1.82) is 0 Å². The number of piperazine rings is 1. The molecule has 1 heterocycles. The summed E-state index contributed by atoms with van der Waals surface area (Å²) >= 11 is 0. The van der Waals surface area contributed by atoms with Gasteiger partial charge >= 0.3 is 0 Å². The van der Waals surface area contributed by atoms with E-state index in [1.807, 2.05) is 4.90 Å². The normalized spacial score (nSPS) is 20.9. The maximum absolute atomic E-state index is 12.0. The Morgan fingerprint density at radius 2 is 1.47 bits per heavy atom. The topological polar surface area (TPSA) is 23.6 Å². The number of carbonyl (C=O) groups is 1. The molecule has 0 saturated carbocycles. The second-order valence-corrected chi connectivity index (χ2v) is 6.31. The predicted molar refractivity (Wildman–Crippen MR) is 62.8 cm³/mol. The van der Waals surface area contributed by atoms with Gasteiger partial charge in [0.15, 0.2) is 0 Å². The van der Waals surface area contributed by atoms with Gasteiger partial charge < -0.3 is 4.90 Å². The van der Waals surface area contributed by atoms with Crippen LogP contribution in [0.3, 0.4) is 0 Å². The summed E-state index contributed by atoms with van der Waals surface area (Å²) in [7, 11) is 0. The maximum Gasteiger partial charge on any atom is 0.237 e. The molecule has 3 heteroatoms. The van der Waals surface area contributed by atoms with Crippen molar-refractivity contribution in [3.63, 3.8) is 0 Å². The molecule has 0 aromatic carbocycles. The minimum Gasteiger partial charge on any atom is -0.335 e. The lowest BCUT2D eigenvalue weighted by Gasteiger charge is -2.46. The summed E-state index contributed by atoms with van der Waals surface area (Å²) in [6.07, 6.45) is 0. The summed E-state index contributed by atoms with van der Waals surface area (Å²) in [5.41, 5.74) is 0.0562. The Morgan fingerprint density at radius 1 is 0.933 bits per heavy atom. The van der Waals surface area contributed by atoms with E-state index in [0.29, 0.717) is 6.54 Å². The second-order valence-electron chi connectivity index (χ2n) is 6.31. The zero-order chi connectivity index (χ0) is 11.9. The van der Waals surface area contributed by atoms with Crippen LogP contribution in [0.4, 0.5) is 0 Å². The Bertz CT molecular complexity index is 247. The van der Waals surface area contributed by atoms with E-state index in [1.54, 1.807) is 0 Å². The summed E-state index contributed by atoms with van der Waals surface area (Å²) in [4.78, 5) is 16.2. The van der Waals surface area contributed by atoms with Crippen molar-refractivity contribution in [2.75, 3.05) is 19.6 Å². The molecule has 1 amide bonds. The molecule has 1 aliphatic rings. The van der Waals surface area contributed by atoms with Gasteiger partial charge in [-0.3, -0.25) is 9.69 Å². The van der Waals surface area contributed by atoms with Crippen LogP contribution in [0.5, 0.6) is 0 Å². The van der Waals surface area contributed by atoms with Crippen molar-refractivity contribution >= 4 is 5.91 Å². The smallest absolute Gasteiger partial charge is 0.237 e. The SMILES string of the molecule is CC(C)(C)N1CCN(C(C)(C)C)C(=O)C1. The Balaban J connectivity index is 2.68. The molecule has 0 aromatic rings. The van der Waals surface area contributed by atoms with Gasteiger partial charge in [-0.25, -0.2) is 0 Å². The van der Waals surface area contributed by atoms with Gasteiger partial charge in [-0.05, 0) is 41.5 Å². The fourth-order valence-corrected chi connectivity index (χ4v) is 1.96. The van der Waals surface area contributed by atoms with Crippen molar-refractivity contribution in [3.8, 4) is 0 Å². The minimum atomic E-state index is -0.0406. The van der Waals surface area contributed by atoms with E-state index in [0.717, 1.165) is 13.1 Å². The Morgan fingerprint density at radius 3 is 1.80 bits per heavy atom. The van der Waals surface area contributed by atoms with Gasteiger partial charge in [0.1, 0.15) is 0 Å². The van der Waals surface area contributed by atoms with Gasteiger partial charge in [-0.1, -0.05) is 0 Å². The van der Waals surface area contributed by atoms with E-state index < -0.39 is 0 Å². The molecule has 0 aliphatic carbocycles. The quantitative estimate of drug-likeness (QED) is 0.610. The molecule has 0 aromatic heterocycles. The average molecular weight is 212 g/mol. The summed E-state index contributed by atoms with van der Waals surface area (Å²) in [6, 6.07) is 0. The van der Waals surface area contributed by atoms with Gasteiger partial charge in [0.25, 0.3) is 0 Å². The molecule has 15 heavy (non-hydrogen) atoms. The van der Waals surface area contributed by atoms with Crippen LogP contribution >= 0.6 is 0 Å². The van der Waals surface area contributed by atoms with Crippen LogP contribution in [-0.4, -0.2) is 46.4 Å². The summed E-state index contributed by atoms with van der Waals surface area (Å²) in [6.45, 7) is 15.1. The number of nitrogens with zero attached hydrogens (tertiary/aromatic N) is 2. The standard InChI is InChI=1S/C12H24N2O/c1-11(2,3)13-7-8-14(10(15)9-13)12(4,5)6/h7-9H2,1-6H3. The van der Waals surface area contributed by atoms with Crippen molar-refractivity contribution in [2.24, 2.45) is 0 Å². The van der Waals surface area contributed by atoms with Crippen LogP contribution in [-0.2, 0) is 4.79 Å². The van der Waals surface area contributed by atoms with E-state index in [-0.39, 0.29) is 17.0 Å². The first-order valence-corrected chi connectivity index (χ1v) is 5.68. The molecule has 0 N–H and O–H groups in total. The molecule has 0 unspecified atom stereocenters. The molecular weight excluding hydrogens is 188 g/mol. The average Bonchev–Trinajstić information content (AvgIpc) is 1.99. The third kappa shape index (κ3) is 2.94. The van der Waals surface area contributed by atoms with Gasteiger partial charge in [-0.15, -0.1) is 0 Å². The lowest BCUT2D eigenvalue weighted by atomic mass is 10.0. The molecule has 1 rings (SSSR count). The first-order chi connectivity index (χ1) is 6.62. The van der Waals surface area contributed by atoms with Gasteiger partial charge in [0.05, 0.1) is 6.54 Å². The molecule has 88 valence electrons. The fourth-order valence-electron chi connectivity index (χ4n) is 1.96. The molecule has 0 radical (unpaired) electrons. The highest BCUT2D eigenvalue weighted by atomic mass is 16.2. The zero-order valence-electron chi connectivity index (χ0n) is 10.9.